The van der Waals surface area contributed by atoms with Crippen molar-refractivity contribution in [1.29, 1.82) is 0 Å². The summed E-state index contributed by atoms with van der Waals surface area (Å²) in [5.74, 6) is -0.635. The molecule has 2 aliphatic rings. The van der Waals surface area contributed by atoms with Gasteiger partial charge in [-0.2, -0.15) is 11.8 Å². The molecule has 0 aliphatic carbocycles. The fourth-order valence-electron chi connectivity index (χ4n) is 3.77. The topological polar surface area (TPSA) is 74.8 Å². The van der Waals surface area contributed by atoms with Gasteiger partial charge in [0.2, 0.25) is 23.6 Å². The third kappa shape index (κ3) is 3.91. The summed E-state index contributed by atoms with van der Waals surface area (Å²) in [5.41, 5.74) is 0. The number of imide groups is 2. The van der Waals surface area contributed by atoms with E-state index in [1.54, 1.807) is 0 Å². The summed E-state index contributed by atoms with van der Waals surface area (Å²) in [6, 6.07) is -0.285. The van der Waals surface area contributed by atoms with Gasteiger partial charge in [0.15, 0.2) is 0 Å². The number of nitrogens with zero attached hydrogens (tertiary/aromatic N) is 2. The van der Waals surface area contributed by atoms with Crippen LogP contribution in [0.5, 0.6) is 0 Å². The van der Waals surface area contributed by atoms with Gasteiger partial charge in [-0.15, -0.1) is 0 Å². The van der Waals surface area contributed by atoms with Crippen LogP contribution in [0.1, 0.15) is 53.4 Å². The smallest absolute Gasteiger partial charge is 0.243 e. The van der Waals surface area contributed by atoms with Crippen molar-refractivity contribution in [1.82, 2.24) is 9.80 Å². The van der Waals surface area contributed by atoms with Gasteiger partial charge >= 0.3 is 0 Å². The predicted molar refractivity (Wildman–Crippen MR) is 96.7 cm³/mol. The second kappa shape index (κ2) is 7.89. The molecule has 2 heterocycles. The zero-order chi connectivity index (χ0) is 18.9. The Morgan fingerprint density at radius 2 is 1.52 bits per heavy atom. The highest BCUT2D eigenvalue weighted by atomic mass is 32.2. The summed E-state index contributed by atoms with van der Waals surface area (Å²) >= 11 is 1.41. The van der Waals surface area contributed by atoms with E-state index in [9.17, 15) is 19.2 Å². The van der Waals surface area contributed by atoms with E-state index < -0.39 is 0 Å². The van der Waals surface area contributed by atoms with Gasteiger partial charge in [-0.05, 0) is 45.8 Å². The van der Waals surface area contributed by atoms with Crippen molar-refractivity contribution in [3.8, 4) is 0 Å². The summed E-state index contributed by atoms with van der Waals surface area (Å²) < 4.78 is 0. The average molecular weight is 368 g/mol. The van der Waals surface area contributed by atoms with Crippen LogP contribution in [0.2, 0.25) is 0 Å². The van der Waals surface area contributed by atoms with Crippen LogP contribution in [0.3, 0.4) is 0 Å². The molecule has 2 rings (SSSR count). The molecule has 0 radical (unpaired) electrons. The normalized spacial score (nSPS) is 27.0. The van der Waals surface area contributed by atoms with Crippen molar-refractivity contribution in [2.45, 2.75) is 70.7 Å². The first-order chi connectivity index (χ1) is 11.7. The number of hydrogen-bond donors (Lipinski definition) is 0. The minimum Gasteiger partial charge on any atom is -0.280 e. The molecular formula is C18H28N2O4S. The number of likely N-dealkylation sites (tertiary alicyclic amines) is 2. The van der Waals surface area contributed by atoms with E-state index in [0.717, 1.165) is 0 Å². The van der Waals surface area contributed by atoms with E-state index in [1.165, 1.54) is 21.6 Å². The molecule has 2 saturated heterocycles. The van der Waals surface area contributed by atoms with Gasteiger partial charge in [0, 0.05) is 30.8 Å². The van der Waals surface area contributed by atoms with Crippen molar-refractivity contribution >= 4 is 35.4 Å². The molecule has 4 atom stereocenters. The number of hydrogen-bond acceptors (Lipinski definition) is 5. The van der Waals surface area contributed by atoms with Crippen LogP contribution in [0.4, 0.5) is 0 Å². The first kappa shape index (κ1) is 19.9. The standard InChI is InChI=1S/C18H28N2O4S/c1-10(2)19-15(21)8-13(17(19)23)11(3)6-7-12(4)20-16(22)9-14(25-5)18(20)24/h10-14H,6-9H2,1-5H3. The highest BCUT2D eigenvalue weighted by molar-refractivity contribution is 8.00. The van der Waals surface area contributed by atoms with Crippen molar-refractivity contribution in [2.24, 2.45) is 11.8 Å². The van der Waals surface area contributed by atoms with Crippen LogP contribution >= 0.6 is 11.8 Å². The molecule has 0 N–H and O–H groups in total. The lowest BCUT2D eigenvalue weighted by atomic mass is 9.87. The maximum Gasteiger partial charge on any atom is 0.243 e. The van der Waals surface area contributed by atoms with Crippen LogP contribution in [-0.2, 0) is 19.2 Å². The average Bonchev–Trinajstić information content (AvgIpc) is 3.00. The SMILES string of the molecule is CSC1CC(=O)N(C(C)CCC(C)C2CC(=O)N(C(C)C)C2=O)C1=O. The summed E-state index contributed by atoms with van der Waals surface area (Å²) in [7, 11) is 0. The minimum atomic E-state index is -0.286. The van der Waals surface area contributed by atoms with Crippen molar-refractivity contribution < 1.29 is 19.2 Å². The molecule has 0 bridgehead atoms. The van der Waals surface area contributed by atoms with Crippen LogP contribution in [0.15, 0.2) is 0 Å². The molecule has 0 spiro atoms. The lowest BCUT2D eigenvalue weighted by Crippen LogP contribution is -2.39. The Morgan fingerprint density at radius 1 is 0.920 bits per heavy atom. The van der Waals surface area contributed by atoms with Gasteiger partial charge in [-0.25, -0.2) is 0 Å². The monoisotopic (exact) mass is 368 g/mol. The summed E-state index contributed by atoms with van der Waals surface area (Å²) in [4.78, 5) is 51.6. The molecule has 7 heteroatoms. The quantitative estimate of drug-likeness (QED) is 0.643. The van der Waals surface area contributed by atoms with Crippen LogP contribution < -0.4 is 0 Å². The molecule has 25 heavy (non-hydrogen) atoms. The summed E-state index contributed by atoms with van der Waals surface area (Å²) in [5, 5.41) is -0.263. The predicted octanol–water partition coefficient (Wildman–Crippen LogP) is 2.07. The molecule has 4 amide bonds. The van der Waals surface area contributed by atoms with Gasteiger partial charge < -0.3 is 0 Å². The Hall–Kier alpha value is -1.37. The zero-order valence-corrected chi connectivity index (χ0v) is 16.5. The van der Waals surface area contributed by atoms with Crippen molar-refractivity contribution in [3.63, 3.8) is 0 Å². The Morgan fingerprint density at radius 3 is 2.00 bits per heavy atom. The Bertz CT molecular complexity index is 577. The molecule has 0 aromatic rings. The Labute approximate surface area is 153 Å². The van der Waals surface area contributed by atoms with E-state index >= 15 is 0 Å². The fourth-order valence-corrected chi connectivity index (χ4v) is 4.39. The largest absolute Gasteiger partial charge is 0.280 e. The molecule has 6 nitrogen and oxygen atoms in total. The highest BCUT2D eigenvalue weighted by Crippen LogP contribution is 2.32. The van der Waals surface area contributed by atoms with Crippen LogP contribution in [0, 0.1) is 11.8 Å². The van der Waals surface area contributed by atoms with Gasteiger partial charge in [-0.3, -0.25) is 29.0 Å². The molecule has 2 aliphatic heterocycles. The maximum absolute atomic E-state index is 12.5. The number of rotatable bonds is 7. The second-order valence-corrected chi connectivity index (χ2v) is 8.48. The maximum atomic E-state index is 12.5. The Kier molecular flexibility index (Phi) is 6.30. The molecule has 0 saturated carbocycles. The van der Waals surface area contributed by atoms with Gasteiger partial charge in [0.25, 0.3) is 0 Å². The Balaban J connectivity index is 1.93. The van der Waals surface area contributed by atoms with Crippen LogP contribution in [0.25, 0.3) is 0 Å². The van der Waals surface area contributed by atoms with Gasteiger partial charge in [-0.1, -0.05) is 6.92 Å². The van der Waals surface area contributed by atoms with E-state index in [4.69, 9.17) is 0 Å². The first-order valence-electron chi connectivity index (χ1n) is 8.93. The number of thioether (sulfide) groups is 1. The van der Waals surface area contributed by atoms with Crippen molar-refractivity contribution in [3.05, 3.63) is 0 Å². The van der Waals surface area contributed by atoms with E-state index in [0.29, 0.717) is 12.8 Å². The lowest BCUT2D eigenvalue weighted by Gasteiger charge is -2.26. The molecule has 0 aromatic carbocycles. The molecular weight excluding hydrogens is 340 g/mol. The van der Waals surface area contributed by atoms with E-state index in [2.05, 4.69) is 0 Å². The van der Waals surface area contributed by atoms with E-state index in [-0.39, 0.29) is 65.6 Å². The third-order valence-corrected chi connectivity index (χ3v) is 6.27. The zero-order valence-electron chi connectivity index (χ0n) is 15.7. The number of carbonyl (C=O) groups is 4. The molecule has 0 aromatic heterocycles. The number of amides is 4. The molecule has 2 fully saturated rings. The van der Waals surface area contributed by atoms with Gasteiger partial charge in [0.05, 0.1) is 5.25 Å². The van der Waals surface area contributed by atoms with Crippen LogP contribution in [-0.4, -0.2) is 57.0 Å². The molecule has 140 valence electrons. The minimum absolute atomic E-state index is 0.0480. The lowest BCUT2D eigenvalue weighted by molar-refractivity contribution is -0.143. The fraction of sp³-hybridized carbons (Fsp3) is 0.778. The molecule has 4 unspecified atom stereocenters. The van der Waals surface area contributed by atoms with Crippen molar-refractivity contribution in [2.75, 3.05) is 6.26 Å². The number of carbonyl (C=O) groups excluding carboxylic acids is 4. The van der Waals surface area contributed by atoms with Gasteiger partial charge in [0.1, 0.15) is 0 Å². The summed E-state index contributed by atoms with van der Waals surface area (Å²) in [6.45, 7) is 7.55. The third-order valence-electron chi connectivity index (χ3n) is 5.33. The first-order valence-corrected chi connectivity index (χ1v) is 10.2. The van der Waals surface area contributed by atoms with E-state index in [1.807, 2.05) is 34.0 Å². The highest BCUT2D eigenvalue weighted by Gasteiger charge is 2.43. The second-order valence-electron chi connectivity index (χ2n) is 7.44. The summed E-state index contributed by atoms with van der Waals surface area (Å²) in [6.07, 6.45) is 3.74.